The van der Waals surface area contributed by atoms with Crippen LogP contribution < -0.4 is 11.0 Å². The molecule has 0 spiro atoms. The summed E-state index contributed by atoms with van der Waals surface area (Å²) in [6.45, 7) is 8.05. The van der Waals surface area contributed by atoms with E-state index in [0.717, 1.165) is 11.0 Å². The first-order valence-electron chi connectivity index (χ1n) is 6.63. The Kier molecular flexibility index (Phi) is 2.78. The van der Waals surface area contributed by atoms with Crippen LogP contribution in [0.2, 0.25) is 0 Å². The Hall–Kier alpha value is -1.66. The summed E-state index contributed by atoms with van der Waals surface area (Å²) in [5.41, 5.74) is 1.32. The van der Waals surface area contributed by atoms with E-state index < -0.39 is 7.12 Å². The van der Waals surface area contributed by atoms with Gasteiger partial charge in [0.1, 0.15) is 0 Å². The average Bonchev–Trinajstić information content (AvgIpc) is 2.57. The van der Waals surface area contributed by atoms with Crippen LogP contribution in [0.1, 0.15) is 27.7 Å². The van der Waals surface area contributed by atoms with Crippen molar-refractivity contribution in [2.75, 3.05) is 0 Å². The third-order valence-electron chi connectivity index (χ3n) is 4.12. The minimum absolute atomic E-state index is 0.219. The van der Waals surface area contributed by atoms with Gasteiger partial charge in [-0.15, -0.1) is 0 Å². The van der Waals surface area contributed by atoms with Crippen molar-refractivity contribution < 1.29 is 9.31 Å². The third kappa shape index (κ3) is 2.05. The minimum atomic E-state index is -0.437. The summed E-state index contributed by atoms with van der Waals surface area (Å²) in [6.07, 6.45) is 1.27. The quantitative estimate of drug-likeness (QED) is 0.793. The first-order valence-corrected chi connectivity index (χ1v) is 6.63. The van der Waals surface area contributed by atoms with Gasteiger partial charge in [0, 0.05) is 0 Å². The average molecular weight is 272 g/mol. The van der Waals surface area contributed by atoms with Crippen LogP contribution in [0, 0.1) is 0 Å². The molecule has 1 aliphatic heterocycles. The first-order chi connectivity index (χ1) is 9.28. The van der Waals surface area contributed by atoms with Gasteiger partial charge in [-0.2, -0.15) is 0 Å². The third-order valence-corrected chi connectivity index (χ3v) is 4.12. The lowest BCUT2D eigenvalue weighted by atomic mass is 9.79. The topological polar surface area (TPSA) is 64.2 Å². The van der Waals surface area contributed by atoms with Crippen LogP contribution in [-0.4, -0.2) is 28.3 Å². The van der Waals surface area contributed by atoms with Crippen molar-refractivity contribution in [3.05, 3.63) is 34.7 Å². The largest absolute Gasteiger partial charge is 0.494 e. The molecule has 20 heavy (non-hydrogen) atoms. The van der Waals surface area contributed by atoms with E-state index in [9.17, 15) is 4.79 Å². The second-order valence-corrected chi connectivity index (χ2v) is 6.11. The Labute approximate surface area is 117 Å². The molecular formula is C14H17BN2O3. The fourth-order valence-electron chi connectivity index (χ4n) is 2.19. The zero-order chi connectivity index (χ0) is 14.5. The molecule has 0 radical (unpaired) electrons. The zero-order valence-corrected chi connectivity index (χ0v) is 12.1. The smallest absolute Gasteiger partial charge is 0.399 e. The van der Waals surface area contributed by atoms with Gasteiger partial charge in [-0.3, -0.25) is 4.79 Å². The number of nitrogens with one attached hydrogen (secondary N) is 1. The van der Waals surface area contributed by atoms with Gasteiger partial charge in [-0.25, -0.2) is 4.98 Å². The molecule has 2 aromatic rings. The molecule has 0 saturated carbocycles. The number of rotatable bonds is 1. The van der Waals surface area contributed by atoms with E-state index in [1.807, 2.05) is 45.9 Å². The Morgan fingerprint density at radius 2 is 1.80 bits per heavy atom. The second kappa shape index (κ2) is 4.17. The van der Waals surface area contributed by atoms with E-state index in [0.29, 0.717) is 5.52 Å². The number of aromatic nitrogens is 2. The van der Waals surface area contributed by atoms with E-state index in [2.05, 4.69) is 9.97 Å². The van der Waals surface area contributed by atoms with Crippen LogP contribution in [0.5, 0.6) is 0 Å². The van der Waals surface area contributed by atoms with Gasteiger partial charge < -0.3 is 14.3 Å². The molecule has 3 rings (SSSR count). The number of benzene rings is 1. The van der Waals surface area contributed by atoms with Crippen LogP contribution in [0.4, 0.5) is 0 Å². The summed E-state index contributed by atoms with van der Waals surface area (Å²) in [5, 5.41) is 0. The van der Waals surface area contributed by atoms with Gasteiger partial charge in [0.2, 0.25) is 0 Å². The first kappa shape index (κ1) is 13.3. The summed E-state index contributed by atoms with van der Waals surface area (Å²) in [4.78, 5) is 18.2. The molecule has 0 unspecified atom stereocenters. The molecule has 1 fully saturated rings. The van der Waals surface area contributed by atoms with Crippen LogP contribution in [0.3, 0.4) is 0 Å². The Balaban J connectivity index is 2.02. The second-order valence-electron chi connectivity index (χ2n) is 6.11. The molecule has 0 aliphatic carbocycles. The van der Waals surface area contributed by atoms with Crippen LogP contribution >= 0.6 is 0 Å². The van der Waals surface area contributed by atoms with Crippen molar-refractivity contribution in [3.63, 3.8) is 0 Å². The highest BCUT2D eigenvalue weighted by Gasteiger charge is 2.51. The molecule has 2 heterocycles. The monoisotopic (exact) mass is 272 g/mol. The highest BCUT2D eigenvalue weighted by Crippen LogP contribution is 2.36. The predicted molar refractivity (Wildman–Crippen MR) is 78.1 cm³/mol. The normalized spacial score (nSPS) is 20.5. The lowest BCUT2D eigenvalue weighted by Crippen LogP contribution is -2.41. The molecule has 1 saturated heterocycles. The zero-order valence-electron chi connectivity index (χ0n) is 12.1. The number of hydrogen-bond acceptors (Lipinski definition) is 4. The maximum Gasteiger partial charge on any atom is 0.494 e. The van der Waals surface area contributed by atoms with Gasteiger partial charge in [0.25, 0.3) is 5.56 Å². The van der Waals surface area contributed by atoms with Crippen LogP contribution in [-0.2, 0) is 9.31 Å². The van der Waals surface area contributed by atoms with E-state index in [1.54, 1.807) is 0 Å². The predicted octanol–water partition coefficient (Wildman–Crippen LogP) is 1.22. The van der Waals surface area contributed by atoms with E-state index >= 15 is 0 Å². The number of nitrogens with zero attached hydrogens (tertiary/aromatic N) is 1. The standard InChI is InChI=1S/C14H17BN2O3/c1-13(2)14(3,4)20-15(19-13)9-5-6-10-11(7-9)17-12(18)8-16-10/h5-8H,1-4H3,(H,17,18). The number of H-pyrrole nitrogens is 1. The highest BCUT2D eigenvalue weighted by molar-refractivity contribution is 6.62. The van der Waals surface area contributed by atoms with E-state index in [-0.39, 0.29) is 16.8 Å². The molecule has 0 atom stereocenters. The van der Waals surface area contributed by atoms with Gasteiger partial charge in [0.15, 0.2) is 0 Å². The van der Waals surface area contributed by atoms with Crippen molar-refractivity contribution >= 4 is 23.6 Å². The molecule has 104 valence electrons. The molecule has 5 nitrogen and oxygen atoms in total. The highest BCUT2D eigenvalue weighted by atomic mass is 16.7. The lowest BCUT2D eigenvalue weighted by molar-refractivity contribution is 0.00578. The SMILES string of the molecule is CC1(C)OB(c2ccc3ncc(=O)[nH]c3c2)OC1(C)C. The molecule has 1 aromatic heterocycles. The molecule has 6 heteroatoms. The van der Waals surface area contributed by atoms with Crippen molar-refractivity contribution in [3.8, 4) is 0 Å². The molecule has 0 bridgehead atoms. The van der Waals surface area contributed by atoms with Gasteiger partial charge in [-0.05, 0) is 45.3 Å². The Bertz CT molecular complexity index is 708. The van der Waals surface area contributed by atoms with Crippen molar-refractivity contribution in [2.45, 2.75) is 38.9 Å². The summed E-state index contributed by atoms with van der Waals surface area (Å²) in [6, 6.07) is 5.62. The Morgan fingerprint density at radius 1 is 1.15 bits per heavy atom. The molecule has 1 aliphatic rings. The van der Waals surface area contributed by atoms with Crippen LogP contribution in [0.15, 0.2) is 29.2 Å². The number of aromatic amines is 1. The van der Waals surface area contributed by atoms with Gasteiger partial charge >= 0.3 is 7.12 Å². The molecule has 1 aromatic carbocycles. The van der Waals surface area contributed by atoms with Crippen molar-refractivity contribution in [1.82, 2.24) is 9.97 Å². The maximum atomic E-state index is 11.3. The van der Waals surface area contributed by atoms with E-state index in [4.69, 9.17) is 9.31 Å². The van der Waals surface area contributed by atoms with Gasteiger partial charge in [0.05, 0.1) is 28.4 Å². The molecule has 0 amide bonds. The molecule has 1 N–H and O–H groups in total. The summed E-state index contributed by atoms with van der Waals surface area (Å²) < 4.78 is 12.0. The van der Waals surface area contributed by atoms with Crippen molar-refractivity contribution in [2.24, 2.45) is 0 Å². The number of hydrogen-bond donors (Lipinski definition) is 1. The minimum Gasteiger partial charge on any atom is -0.399 e. The van der Waals surface area contributed by atoms with Gasteiger partial charge in [-0.1, -0.05) is 6.07 Å². The number of fused-ring (bicyclic) bond motifs is 1. The fourth-order valence-corrected chi connectivity index (χ4v) is 2.19. The molecular weight excluding hydrogens is 255 g/mol. The maximum absolute atomic E-state index is 11.3. The summed E-state index contributed by atoms with van der Waals surface area (Å²) >= 11 is 0. The lowest BCUT2D eigenvalue weighted by Gasteiger charge is -2.32. The Morgan fingerprint density at radius 3 is 2.45 bits per heavy atom. The van der Waals surface area contributed by atoms with Crippen molar-refractivity contribution in [1.29, 1.82) is 0 Å². The summed E-state index contributed by atoms with van der Waals surface area (Å²) in [7, 11) is -0.437. The van der Waals surface area contributed by atoms with E-state index in [1.165, 1.54) is 6.20 Å². The van der Waals surface area contributed by atoms with Crippen LogP contribution in [0.25, 0.3) is 11.0 Å². The fraction of sp³-hybridized carbons (Fsp3) is 0.429. The summed E-state index contributed by atoms with van der Waals surface area (Å²) in [5.74, 6) is 0.